The minimum Gasteiger partial charge on any atom is -0.368 e. The SMILES string of the molecule is CCc1c2c(cc(N3CCNCC3)c1C(N)=O)-c1ccccc1C2. The summed E-state index contributed by atoms with van der Waals surface area (Å²) in [5, 5.41) is 3.37. The molecule has 1 fully saturated rings. The summed E-state index contributed by atoms with van der Waals surface area (Å²) in [6.45, 7) is 5.81. The molecule has 1 heterocycles. The van der Waals surface area contributed by atoms with E-state index < -0.39 is 0 Å². The van der Waals surface area contributed by atoms with Crippen LogP contribution in [0.4, 0.5) is 5.69 Å². The number of hydrogen-bond acceptors (Lipinski definition) is 3. The maximum Gasteiger partial charge on any atom is 0.251 e. The quantitative estimate of drug-likeness (QED) is 0.778. The van der Waals surface area contributed by atoms with Crippen molar-refractivity contribution in [3.8, 4) is 11.1 Å². The maximum absolute atomic E-state index is 12.3. The van der Waals surface area contributed by atoms with Gasteiger partial charge in [0.2, 0.25) is 0 Å². The topological polar surface area (TPSA) is 58.4 Å². The summed E-state index contributed by atoms with van der Waals surface area (Å²) >= 11 is 0. The number of nitrogens with zero attached hydrogens (tertiary/aromatic N) is 1. The standard InChI is InChI=1S/C20H23N3O/c1-2-14-16-11-13-5-3-4-6-15(13)17(16)12-18(19(14)20(21)24)23-9-7-22-8-10-23/h3-6,12,22H,2,7-11H2,1H3,(H2,21,24). The fraction of sp³-hybridized carbons (Fsp3) is 0.350. The largest absolute Gasteiger partial charge is 0.368 e. The Morgan fingerprint density at radius 2 is 1.96 bits per heavy atom. The first-order valence-corrected chi connectivity index (χ1v) is 8.73. The minimum absolute atomic E-state index is 0.306. The second-order valence-corrected chi connectivity index (χ2v) is 6.56. The Morgan fingerprint density at radius 3 is 2.67 bits per heavy atom. The van der Waals surface area contributed by atoms with Crippen molar-refractivity contribution in [1.82, 2.24) is 5.32 Å². The normalized spacial score (nSPS) is 16.0. The van der Waals surface area contributed by atoms with Crippen molar-refractivity contribution in [3.05, 3.63) is 52.6 Å². The van der Waals surface area contributed by atoms with Gasteiger partial charge in [0.05, 0.1) is 11.3 Å². The first-order chi connectivity index (χ1) is 11.7. The second kappa shape index (κ2) is 5.95. The molecule has 2 aromatic carbocycles. The van der Waals surface area contributed by atoms with Crippen molar-refractivity contribution in [2.24, 2.45) is 5.73 Å². The van der Waals surface area contributed by atoms with Gasteiger partial charge in [0.25, 0.3) is 5.91 Å². The Labute approximate surface area is 142 Å². The average molecular weight is 321 g/mol. The summed E-state index contributed by atoms with van der Waals surface area (Å²) in [5.74, 6) is -0.306. The number of hydrogen-bond donors (Lipinski definition) is 2. The van der Waals surface area contributed by atoms with E-state index in [0.717, 1.165) is 55.8 Å². The number of nitrogens with two attached hydrogens (primary N) is 1. The Bertz CT molecular complexity index is 807. The smallest absolute Gasteiger partial charge is 0.251 e. The number of fused-ring (bicyclic) bond motifs is 3. The molecule has 0 atom stereocenters. The van der Waals surface area contributed by atoms with Crippen molar-refractivity contribution >= 4 is 11.6 Å². The molecule has 4 heteroatoms. The Balaban J connectivity index is 1.95. The van der Waals surface area contributed by atoms with Gasteiger partial charge in [-0.05, 0) is 46.7 Å². The first-order valence-electron chi connectivity index (χ1n) is 8.73. The van der Waals surface area contributed by atoms with Crippen molar-refractivity contribution in [3.63, 3.8) is 0 Å². The van der Waals surface area contributed by atoms with E-state index in [0.29, 0.717) is 0 Å². The molecule has 1 aliphatic heterocycles. The van der Waals surface area contributed by atoms with Crippen LogP contribution in [0, 0.1) is 0 Å². The molecule has 2 aromatic rings. The first kappa shape index (κ1) is 15.2. The number of primary amides is 1. The van der Waals surface area contributed by atoms with Crippen LogP contribution in [0.15, 0.2) is 30.3 Å². The third kappa shape index (κ3) is 2.29. The number of piperazine rings is 1. The number of carbonyl (C=O) groups is 1. The summed E-state index contributed by atoms with van der Waals surface area (Å²) in [7, 11) is 0. The van der Waals surface area contributed by atoms with Crippen LogP contribution in [0.5, 0.6) is 0 Å². The number of benzene rings is 2. The minimum atomic E-state index is -0.306. The monoisotopic (exact) mass is 321 g/mol. The van der Waals surface area contributed by atoms with E-state index in [9.17, 15) is 4.79 Å². The molecule has 1 saturated heterocycles. The molecule has 24 heavy (non-hydrogen) atoms. The highest BCUT2D eigenvalue weighted by atomic mass is 16.1. The molecule has 2 aliphatic rings. The molecule has 0 aromatic heterocycles. The van der Waals surface area contributed by atoms with Crippen molar-refractivity contribution < 1.29 is 4.79 Å². The van der Waals surface area contributed by atoms with E-state index in [1.807, 2.05) is 0 Å². The Hall–Kier alpha value is -2.33. The van der Waals surface area contributed by atoms with Crippen LogP contribution in [0.1, 0.15) is 34.0 Å². The van der Waals surface area contributed by atoms with Crippen molar-refractivity contribution in [2.45, 2.75) is 19.8 Å². The van der Waals surface area contributed by atoms with E-state index in [-0.39, 0.29) is 5.91 Å². The molecule has 4 nitrogen and oxygen atoms in total. The van der Waals surface area contributed by atoms with Gasteiger partial charge in [-0.15, -0.1) is 0 Å². The molecule has 0 spiro atoms. The summed E-state index contributed by atoms with van der Waals surface area (Å²) in [6, 6.07) is 10.7. The molecule has 124 valence electrons. The van der Waals surface area contributed by atoms with Crippen molar-refractivity contribution in [1.29, 1.82) is 0 Å². The highest BCUT2D eigenvalue weighted by Crippen LogP contribution is 2.43. The predicted octanol–water partition coefficient (Wildman–Crippen LogP) is 2.33. The molecule has 3 N–H and O–H groups in total. The third-order valence-corrected chi connectivity index (χ3v) is 5.26. The molecular weight excluding hydrogens is 298 g/mol. The van der Waals surface area contributed by atoms with Crippen LogP contribution in [0.3, 0.4) is 0 Å². The van der Waals surface area contributed by atoms with Gasteiger partial charge in [-0.3, -0.25) is 4.79 Å². The van der Waals surface area contributed by atoms with Gasteiger partial charge in [0.15, 0.2) is 0 Å². The van der Waals surface area contributed by atoms with Crippen molar-refractivity contribution in [2.75, 3.05) is 31.1 Å². The summed E-state index contributed by atoms with van der Waals surface area (Å²) in [5.41, 5.74) is 13.9. The van der Waals surface area contributed by atoms with Crippen LogP contribution in [-0.2, 0) is 12.8 Å². The lowest BCUT2D eigenvalue weighted by Gasteiger charge is -2.32. The zero-order valence-electron chi connectivity index (χ0n) is 14.1. The van der Waals surface area contributed by atoms with E-state index in [1.54, 1.807) is 0 Å². The van der Waals surface area contributed by atoms with Crippen LogP contribution in [-0.4, -0.2) is 32.1 Å². The van der Waals surface area contributed by atoms with Gasteiger partial charge in [-0.2, -0.15) is 0 Å². The molecule has 1 amide bonds. The second-order valence-electron chi connectivity index (χ2n) is 6.56. The van der Waals surface area contributed by atoms with Crippen LogP contribution >= 0.6 is 0 Å². The molecule has 0 bridgehead atoms. The molecule has 4 rings (SSSR count). The van der Waals surface area contributed by atoms with E-state index in [2.05, 4.69) is 47.5 Å². The lowest BCUT2D eigenvalue weighted by Crippen LogP contribution is -2.44. The van der Waals surface area contributed by atoms with Gasteiger partial charge in [-0.1, -0.05) is 31.2 Å². The van der Waals surface area contributed by atoms with Gasteiger partial charge < -0.3 is 16.0 Å². The summed E-state index contributed by atoms with van der Waals surface area (Å²) in [4.78, 5) is 14.6. The number of carbonyl (C=O) groups excluding carboxylic acids is 1. The Morgan fingerprint density at radius 1 is 1.21 bits per heavy atom. The number of nitrogens with one attached hydrogen (secondary N) is 1. The van der Waals surface area contributed by atoms with Gasteiger partial charge in [0.1, 0.15) is 0 Å². The van der Waals surface area contributed by atoms with Gasteiger partial charge >= 0.3 is 0 Å². The number of rotatable bonds is 3. The highest BCUT2D eigenvalue weighted by molar-refractivity contribution is 6.03. The predicted molar refractivity (Wildman–Crippen MR) is 97.7 cm³/mol. The maximum atomic E-state index is 12.3. The molecule has 0 radical (unpaired) electrons. The number of amides is 1. The fourth-order valence-electron chi connectivity index (χ4n) is 4.15. The summed E-state index contributed by atoms with van der Waals surface area (Å²) < 4.78 is 0. The summed E-state index contributed by atoms with van der Waals surface area (Å²) in [6.07, 6.45) is 1.73. The lowest BCUT2D eigenvalue weighted by molar-refractivity contribution is 0.0999. The van der Waals surface area contributed by atoms with Crippen LogP contribution in [0.2, 0.25) is 0 Å². The fourth-order valence-corrected chi connectivity index (χ4v) is 4.15. The van der Waals surface area contributed by atoms with Gasteiger partial charge in [-0.25, -0.2) is 0 Å². The lowest BCUT2D eigenvalue weighted by atomic mass is 9.91. The molecule has 1 aliphatic carbocycles. The number of anilines is 1. The molecular formula is C20H23N3O. The van der Waals surface area contributed by atoms with E-state index in [4.69, 9.17) is 5.73 Å². The average Bonchev–Trinajstić information content (AvgIpc) is 2.99. The zero-order chi connectivity index (χ0) is 16.7. The Kier molecular flexibility index (Phi) is 3.77. The zero-order valence-corrected chi connectivity index (χ0v) is 14.1. The van der Waals surface area contributed by atoms with E-state index in [1.165, 1.54) is 22.3 Å². The molecule has 0 unspecified atom stereocenters. The molecule has 0 saturated carbocycles. The third-order valence-electron chi connectivity index (χ3n) is 5.26. The van der Waals surface area contributed by atoms with Gasteiger partial charge in [0, 0.05) is 26.2 Å². The highest BCUT2D eigenvalue weighted by Gasteiger charge is 2.28. The van der Waals surface area contributed by atoms with Crippen LogP contribution < -0.4 is 16.0 Å². The van der Waals surface area contributed by atoms with E-state index >= 15 is 0 Å². The van der Waals surface area contributed by atoms with Crippen LogP contribution in [0.25, 0.3) is 11.1 Å².